The molecule has 0 aliphatic carbocycles. The fourth-order valence-electron chi connectivity index (χ4n) is 3.50. The van der Waals surface area contributed by atoms with Crippen molar-refractivity contribution in [1.29, 1.82) is 0 Å². The van der Waals surface area contributed by atoms with E-state index in [1.807, 2.05) is 0 Å². The number of nitrogens with one attached hydrogen (secondary N) is 1. The first-order valence-electron chi connectivity index (χ1n) is 9.80. The number of fused-ring (bicyclic) bond motifs is 1. The number of thiophene rings is 1. The van der Waals surface area contributed by atoms with Crippen LogP contribution in [0.15, 0.2) is 38.1 Å². The highest BCUT2D eigenvalue weighted by atomic mass is 32.2. The molecule has 0 aromatic carbocycles. The van der Waals surface area contributed by atoms with Crippen molar-refractivity contribution in [2.24, 2.45) is 0 Å². The molecule has 4 rings (SSSR count). The van der Waals surface area contributed by atoms with Gasteiger partial charge in [0, 0.05) is 18.6 Å². The van der Waals surface area contributed by atoms with Crippen LogP contribution < -0.4 is 5.32 Å². The number of methoxy groups -OCH3 is 1. The van der Waals surface area contributed by atoms with Crippen molar-refractivity contribution in [2.75, 3.05) is 30.6 Å². The lowest BCUT2D eigenvalue weighted by atomic mass is 9.98. The molecule has 2 amide bonds. The average Bonchev–Trinajstić information content (AvgIpc) is 3.52. The molecule has 1 unspecified atom stereocenters. The molecule has 2 N–H and O–H groups in total. The van der Waals surface area contributed by atoms with Gasteiger partial charge in [-0.05, 0) is 27.4 Å². The van der Waals surface area contributed by atoms with E-state index in [1.54, 1.807) is 17.5 Å². The minimum absolute atomic E-state index is 0.00678. The third kappa shape index (κ3) is 4.82. The van der Waals surface area contributed by atoms with Crippen LogP contribution >= 0.6 is 34.9 Å². The first-order valence-corrected chi connectivity index (χ1v) is 15.9. The molecule has 2 aromatic heterocycles. The zero-order valence-electron chi connectivity index (χ0n) is 18.5. The van der Waals surface area contributed by atoms with Gasteiger partial charge in [-0.15, -0.1) is 32.3 Å². The van der Waals surface area contributed by atoms with Crippen LogP contribution in [-0.4, -0.2) is 102 Å². The third-order valence-electron chi connectivity index (χ3n) is 5.05. The fraction of sp³-hybridized carbons (Fsp3) is 0.412. The number of thioether (sulfide) groups is 2. The van der Waals surface area contributed by atoms with Crippen LogP contribution in [0.5, 0.6) is 0 Å². The number of carboxylic acid groups (broad SMARTS) is 1. The second-order valence-electron chi connectivity index (χ2n) is 7.36. The van der Waals surface area contributed by atoms with Gasteiger partial charge in [-0.1, -0.05) is 17.8 Å². The van der Waals surface area contributed by atoms with Gasteiger partial charge in [-0.25, -0.2) is 13.2 Å². The molecule has 14 nitrogen and oxygen atoms in total. The van der Waals surface area contributed by atoms with Crippen LogP contribution in [0.25, 0.3) is 0 Å². The van der Waals surface area contributed by atoms with Gasteiger partial charge in [0.1, 0.15) is 16.8 Å². The van der Waals surface area contributed by atoms with E-state index in [1.165, 1.54) is 18.4 Å². The Hall–Kier alpha value is -2.32. The van der Waals surface area contributed by atoms with Gasteiger partial charge < -0.3 is 15.2 Å². The van der Waals surface area contributed by atoms with Crippen LogP contribution in [-0.2, 0) is 39.9 Å². The summed E-state index contributed by atoms with van der Waals surface area (Å²) in [7, 11) is -4.16. The predicted molar refractivity (Wildman–Crippen MR) is 130 cm³/mol. The summed E-state index contributed by atoms with van der Waals surface area (Å²) < 4.78 is 42.5. The Bertz CT molecular complexity index is 1370. The quantitative estimate of drug-likeness (QED) is 0.197. The van der Waals surface area contributed by atoms with Crippen LogP contribution in [0.4, 0.5) is 0 Å². The van der Waals surface area contributed by atoms with E-state index in [0.717, 1.165) is 34.7 Å². The highest BCUT2D eigenvalue weighted by Crippen LogP contribution is 2.47. The van der Waals surface area contributed by atoms with Gasteiger partial charge in [-0.2, -0.15) is 0 Å². The molecule has 0 spiro atoms. The number of hydrogen-bond acceptors (Lipinski definition) is 13. The molecule has 4 heterocycles. The maximum atomic E-state index is 13.2. The van der Waals surface area contributed by atoms with E-state index in [4.69, 9.17) is 4.74 Å². The second kappa shape index (κ2) is 10.2. The standard InChI is InChI=1S/C17H18N6O8S5/c1-31-17(18-10(24)8-35(28)11-4-3-5-32-11)14(27)22-12(13(25)26)9(6-33-15(17)22)7-34-16-19-20-21-23(16)36(2,29)30/h3-5,15H,6-8H2,1-2H3,(H,18,24)(H,25,26)/t15-,17-,35?/m0/s1. The summed E-state index contributed by atoms with van der Waals surface area (Å²) in [6.45, 7) is 0. The Kier molecular flexibility index (Phi) is 7.58. The molecule has 19 heteroatoms. The van der Waals surface area contributed by atoms with E-state index in [0.29, 0.717) is 13.9 Å². The molecule has 3 atom stereocenters. The number of rotatable bonds is 10. The first-order chi connectivity index (χ1) is 17.0. The Morgan fingerprint density at radius 3 is 2.81 bits per heavy atom. The number of carboxylic acids is 1. The van der Waals surface area contributed by atoms with Gasteiger partial charge in [-0.3, -0.25) is 18.7 Å². The molecule has 0 radical (unpaired) electrons. The lowest BCUT2D eigenvalue weighted by Gasteiger charge is -2.55. The molecular weight excluding hydrogens is 577 g/mol. The summed E-state index contributed by atoms with van der Waals surface area (Å²) in [5.74, 6) is -3.11. The van der Waals surface area contributed by atoms with Crippen molar-refractivity contribution in [2.45, 2.75) is 20.5 Å². The Morgan fingerprint density at radius 2 is 2.19 bits per heavy atom. The number of tetrazole rings is 1. The summed E-state index contributed by atoms with van der Waals surface area (Å²) in [5, 5.41) is 23.5. The summed E-state index contributed by atoms with van der Waals surface area (Å²) in [6, 6.07) is 3.33. The maximum absolute atomic E-state index is 13.2. The van der Waals surface area contributed by atoms with Crippen LogP contribution in [0.3, 0.4) is 0 Å². The van der Waals surface area contributed by atoms with Crippen LogP contribution in [0, 0.1) is 0 Å². The minimum atomic E-state index is -3.76. The van der Waals surface area contributed by atoms with Crippen molar-refractivity contribution >= 4 is 73.5 Å². The van der Waals surface area contributed by atoms with Gasteiger partial charge in [0.15, 0.2) is 0 Å². The highest BCUT2D eigenvalue weighted by Gasteiger charge is 2.66. The highest BCUT2D eigenvalue weighted by molar-refractivity contribution is 8.01. The van der Waals surface area contributed by atoms with Crippen molar-refractivity contribution in [3.63, 3.8) is 0 Å². The largest absolute Gasteiger partial charge is 0.477 e. The molecule has 1 saturated heterocycles. The van der Waals surface area contributed by atoms with E-state index >= 15 is 0 Å². The number of aromatic nitrogens is 4. The zero-order valence-corrected chi connectivity index (χ0v) is 22.6. The number of carbonyl (C=O) groups is 3. The predicted octanol–water partition coefficient (Wildman–Crippen LogP) is -0.845. The second-order valence-corrected chi connectivity index (χ2v) is 13.8. The summed E-state index contributed by atoms with van der Waals surface area (Å²) in [6.07, 6.45) is 0.920. The summed E-state index contributed by atoms with van der Waals surface area (Å²) in [5.41, 5.74) is -1.78. The number of aliphatic carboxylic acids is 1. The topological polar surface area (TPSA) is 191 Å². The molecule has 0 saturated carbocycles. The maximum Gasteiger partial charge on any atom is 0.352 e. The molecule has 36 heavy (non-hydrogen) atoms. The number of nitrogens with zero attached hydrogens (tertiary/aromatic N) is 5. The minimum Gasteiger partial charge on any atom is -0.477 e. The third-order valence-corrected chi connectivity index (χ3v) is 11.0. The first kappa shape index (κ1) is 26.7. The Labute approximate surface area is 219 Å². The normalized spacial score (nSPS) is 22.7. The molecule has 2 aliphatic heterocycles. The van der Waals surface area contributed by atoms with Gasteiger partial charge >= 0.3 is 5.97 Å². The molecule has 2 aromatic rings. The molecular formula is C17H18N6O8S5. The van der Waals surface area contributed by atoms with Crippen molar-refractivity contribution in [3.05, 3.63) is 28.8 Å². The molecule has 0 bridgehead atoms. The Balaban J connectivity index is 1.52. The van der Waals surface area contributed by atoms with Gasteiger partial charge in [0.2, 0.25) is 11.1 Å². The summed E-state index contributed by atoms with van der Waals surface area (Å²) >= 11 is 3.30. The zero-order chi connectivity index (χ0) is 26.3. The number of β-lactam (4-membered cyclic amide) rings is 1. The monoisotopic (exact) mass is 594 g/mol. The average molecular weight is 595 g/mol. The lowest BCUT2D eigenvalue weighted by Crippen LogP contribution is -2.80. The molecule has 194 valence electrons. The van der Waals surface area contributed by atoms with E-state index < -0.39 is 55.5 Å². The van der Waals surface area contributed by atoms with Gasteiger partial charge in [0.25, 0.3) is 21.7 Å². The molecule has 1 fully saturated rings. The lowest BCUT2D eigenvalue weighted by molar-refractivity contribution is -0.192. The SMILES string of the molecule is CO[C@@]1(NC(=O)CS(=O)c2cccs2)C(=O)N2C(C(=O)O)=C(CSc3nnnn3S(C)(=O)=O)CS[C@H]21. The van der Waals surface area contributed by atoms with E-state index in [2.05, 4.69) is 20.8 Å². The van der Waals surface area contributed by atoms with Crippen molar-refractivity contribution < 1.29 is 36.9 Å². The number of ether oxygens (including phenoxy) is 1. The van der Waals surface area contributed by atoms with E-state index in [-0.39, 0.29) is 22.4 Å². The Morgan fingerprint density at radius 1 is 1.44 bits per heavy atom. The fourth-order valence-corrected chi connectivity index (χ4v) is 8.80. The smallest absolute Gasteiger partial charge is 0.352 e. The summed E-state index contributed by atoms with van der Waals surface area (Å²) in [4.78, 5) is 38.9. The van der Waals surface area contributed by atoms with Crippen molar-refractivity contribution in [1.82, 2.24) is 29.8 Å². The van der Waals surface area contributed by atoms with Gasteiger partial charge in [0.05, 0.1) is 21.3 Å². The number of hydrogen-bond donors (Lipinski definition) is 2. The molecule has 2 aliphatic rings. The van der Waals surface area contributed by atoms with Crippen LogP contribution in [0.2, 0.25) is 0 Å². The number of carbonyl (C=O) groups excluding carboxylic acids is 2. The van der Waals surface area contributed by atoms with E-state index in [9.17, 15) is 32.1 Å². The number of amides is 2. The van der Waals surface area contributed by atoms with Crippen LogP contribution in [0.1, 0.15) is 0 Å². The van der Waals surface area contributed by atoms with Crippen molar-refractivity contribution in [3.8, 4) is 0 Å².